The Bertz CT molecular complexity index is 662. The Morgan fingerprint density at radius 2 is 2.05 bits per heavy atom. The molecule has 0 aliphatic carbocycles. The predicted octanol–water partition coefficient (Wildman–Crippen LogP) is 4.80. The Balaban J connectivity index is 1.94. The van der Waals surface area contributed by atoms with E-state index in [0.717, 1.165) is 5.56 Å². The van der Waals surface area contributed by atoms with Crippen molar-refractivity contribution in [2.75, 3.05) is 0 Å². The molecule has 2 aromatic carbocycles. The molecule has 104 valence electrons. The standard InChI is InChI=1S/C15H11BrClFO2/c16-11-5-8(1-3-12(11)18)15-7-13(19)10-6-9(17)2-4-14(10)20-15/h1-6,13,15,19H,7H2. The highest BCUT2D eigenvalue weighted by Crippen LogP contribution is 2.42. The van der Waals surface area contributed by atoms with Crippen molar-refractivity contribution in [1.29, 1.82) is 0 Å². The fraction of sp³-hybridized carbons (Fsp3) is 0.200. The summed E-state index contributed by atoms with van der Waals surface area (Å²) in [6.45, 7) is 0. The van der Waals surface area contributed by atoms with Crippen LogP contribution in [0, 0.1) is 5.82 Å². The normalized spacial score (nSPS) is 21.2. The molecule has 0 aromatic heterocycles. The minimum Gasteiger partial charge on any atom is -0.485 e. The van der Waals surface area contributed by atoms with Gasteiger partial charge in [-0.3, -0.25) is 0 Å². The molecule has 1 heterocycles. The SMILES string of the molecule is OC1CC(c2ccc(F)c(Br)c2)Oc2ccc(Cl)cc21. The van der Waals surface area contributed by atoms with Gasteiger partial charge in [0, 0.05) is 17.0 Å². The molecule has 1 N–H and O–H groups in total. The summed E-state index contributed by atoms with van der Waals surface area (Å²) in [6, 6.07) is 9.89. The molecular weight excluding hydrogens is 347 g/mol. The van der Waals surface area contributed by atoms with Gasteiger partial charge in [-0.25, -0.2) is 4.39 Å². The molecule has 0 spiro atoms. The first kappa shape index (κ1) is 13.9. The van der Waals surface area contributed by atoms with E-state index >= 15 is 0 Å². The van der Waals surface area contributed by atoms with Gasteiger partial charge >= 0.3 is 0 Å². The number of ether oxygens (including phenoxy) is 1. The van der Waals surface area contributed by atoms with Crippen molar-refractivity contribution in [2.24, 2.45) is 0 Å². The third-order valence-electron chi connectivity index (χ3n) is 3.35. The van der Waals surface area contributed by atoms with Crippen LogP contribution in [0.1, 0.15) is 29.8 Å². The average molecular weight is 358 g/mol. The molecule has 3 rings (SSSR count). The molecule has 0 saturated heterocycles. The van der Waals surface area contributed by atoms with E-state index in [9.17, 15) is 9.50 Å². The van der Waals surface area contributed by atoms with E-state index in [2.05, 4.69) is 15.9 Å². The summed E-state index contributed by atoms with van der Waals surface area (Å²) in [6.07, 6.45) is -0.548. The lowest BCUT2D eigenvalue weighted by Crippen LogP contribution is -2.19. The fourth-order valence-electron chi connectivity index (χ4n) is 2.33. The largest absolute Gasteiger partial charge is 0.485 e. The van der Waals surface area contributed by atoms with Gasteiger partial charge in [-0.05, 0) is 51.8 Å². The minimum atomic E-state index is -0.647. The van der Waals surface area contributed by atoms with E-state index in [4.69, 9.17) is 16.3 Å². The van der Waals surface area contributed by atoms with Crippen LogP contribution in [0.3, 0.4) is 0 Å². The van der Waals surface area contributed by atoms with Crippen LogP contribution >= 0.6 is 27.5 Å². The van der Waals surface area contributed by atoms with Gasteiger partial charge in [0.05, 0.1) is 10.6 Å². The van der Waals surface area contributed by atoms with E-state index < -0.39 is 6.10 Å². The first-order valence-corrected chi connectivity index (χ1v) is 7.31. The average Bonchev–Trinajstić information content (AvgIpc) is 2.42. The number of aliphatic hydroxyl groups is 1. The summed E-state index contributed by atoms with van der Waals surface area (Å²) in [5.41, 5.74) is 1.51. The number of benzene rings is 2. The Kier molecular flexibility index (Phi) is 3.71. The van der Waals surface area contributed by atoms with E-state index in [1.165, 1.54) is 6.07 Å². The topological polar surface area (TPSA) is 29.5 Å². The lowest BCUT2D eigenvalue weighted by molar-refractivity contribution is 0.0657. The molecule has 2 nitrogen and oxygen atoms in total. The highest BCUT2D eigenvalue weighted by atomic mass is 79.9. The van der Waals surface area contributed by atoms with Gasteiger partial charge in [0.15, 0.2) is 0 Å². The van der Waals surface area contributed by atoms with Gasteiger partial charge in [0.2, 0.25) is 0 Å². The van der Waals surface area contributed by atoms with E-state index in [0.29, 0.717) is 27.2 Å². The smallest absolute Gasteiger partial charge is 0.137 e. The third kappa shape index (κ3) is 2.55. The minimum absolute atomic E-state index is 0.310. The van der Waals surface area contributed by atoms with Crippen molar-refractivity contribution in [3.05, 3.63) is 62.8 Å². The van der Waals surface area contributed by atoms with Crippen molar-refractivity contribution in [3.63, 3.8) is 0 Å². The molecule has 0 amide bonds. The number of fused-ring (bicyclic) bond motifs is 1. The summed E-state index contributed by atoms with van der Waals surface area (Å²) in [4.78, 5) is 0. The summed E-state index contributed by atoms with van der Waals surface area (Å²) in [7, 11) is 0. The summed E-state index contributed by atoms with van der Waals surface area (Å²) >= 11 is 9.08. The first-order chi connectivity index (χ1) is 9.54. The maximum Gasteiger partial charge on any atom is 0.137 e. The van der Waals surface area contributed by atoms with Crippen molar-refractivity contribution in [2.45, 2.75) is 18.6 Å². The van der Waals surface area contributed by atoms with E-state index in [1.807, 2.05) is 0 Å². The Morgan fingerprint density at radius 3 is 2.80 bits per heavy atom. The monoisotopic (exact) mass is 356 g/mol. The zero-order chi connectivity index (χ0) is 14.3. The second-order valence-electron chi connectivity index (χ2n) is 4.71. The lowest BCUT2D eigenvalue weighted by atomic mass is 9.95. The quantitative estimate of drug-likeness (QED) is 0.794. The second kappa shape index (κ2) is 5.35. The molecule has 2 unspecified atom stereocenters. The zero-order valence-electron chi connectivity index (χ0n) is 10.3. The number of hydrogen-bond donors (Lipinski definition) is 1. The Labute approximate surface area is 129 Å². The van der Waals surface area contributed by atoms with Crippen LogP contribution in [0.4, 0.5) is 4.39 Å². The molecule has 0 saturated carbocycles. The van der Waals surface area contributed by atoms with E-state index in [-0.39, 0.29) is 11.9 Å². The van der Waals surface area contributed by atoms with Crippen molar-refractivity contribution in [3.8, 4) is 5.75 Å². The van der Waals surface area contributed by atoms with Crippen molar-refractivity contribution >= 4 is 27.5 Å². The van der Waals surface area contributed by atoms with Gasteiger partial charge in [-0.1, -0.05) is 17.7 Å². The number of hydrogen-bond acceptors (Lipinski definition) is 2. The third-order valence-corrected chi connectivity index (χ3v) is 4.20. The molecule has 2 aromatic rings. The second-order valence-corrected chi connectivity index (χ2v) is 6.00. The van der Waals surface area contributed by atoms with Gasteiger partial charge in [-0.15, -0.1) is 0 Å². The molecular formula is C15H11BrClFO2. The number of halogens is 3. The van der Waals surface area contributed by atoms with Gasteiger partial charge in [-0.2, -0.15) is 0 Å². The van der Waals surface area contributed by atoms with Crippen LogP contribution in [0.2, 0.25) is 5.02 Å². The number of rotatable bonds is 1. The van der Waals surface area contributed by atoms with Crippen molar-refractivity contribution < 1.29 is 14.2 Å². The lowest BCUT2D eigenvalue weighted by Gasteiger charge is -2.30. The summed E-state index contributed by atoms with van der Waals surface area (Å²) in [5.74, 6) is 0.288. The highest BCUT2D eigenvalue weighted by Gasteiger charge is 2.28. The van der Waals surface area contributed by atoms with Crippen LogP contribution in [-0.4, -0.2) is 5.11 Å². The molecule has 0 radical (unpaired) electrons. The van der Waals surface area contributed by atoms with Crippen LogP contribution in [0.5, 0.6) is 5.75 Å². The fourth-order valence-corrected chi connectivity index (χ4v) is 2.91. The molecule has 2 atom stereocenters. The van der Waals surface area contributed by atoms with Crippen LogP contribution in [0.25, 0.3) is 0 Å². The summed E-state index contributed by atoms with van der Waals surface area (Å²) in [5, 5.41) is 10.8. The molecule has 1 aliphatic rings. The maximum atomic E-state index is 13.3. The van der Waals surface area contributed by atoms with Crippen LogP contribution in [0.15, 0.2) is 40.9 Å². The van der Waals surface area contributed by atoms with Crippen LogP contribution < -0.4 is 4.74 Å². The molecule has 0 bridgehead atoms. The molecule has 0 fully saturated rings. The molecule has 20 heavy (non-hydrogen) atoms. The van der Waals surface area contributed by atoms with Crippen molar-refractivity contribution in [1.82, 2.24) is 0 Å². The Morgan fingerprint density at radius 1 is 1.25 bits per heavy atom. The van der Waals surface area contributed by atoms with Crippen LogP contribution in [-0.2, 0) is 0 Å². The number of aliphatic hydroxyl groups excluding tert-OH is 1. The predicted molar refractivity (Wildman–Crippen MR) is 78.5 cm³/mol. The zero-order valence-corrected chi connectivity index (χ0v) is 12.7. The maximum absolute atomic E-state index is 13.3. The summed E-state index contributed by atoms with van der Waals surface area (Å²) < 4.78 is 19.5. The molecule has 1 aliphatic heterocycles. The highest BCUT2D eigenvalue weighted by molar-refractivity contribution is 9.10. The van der Waals surface area contributed by atoms with Gasteiger partial charge in [0.1, 0.15) is 17.7 Å². The van der Waals surface area contributed by atoms with Gasteiger partial charge in [0.25, 0.3) is 0 Å². The molecule has 5 heteroatoms. The Hall–Kier alpha value is -1.10. The van der Waals surface area contributed by atoms with Gasteiger partial charge < -0.3 is 9.84 Å². The first-order valence-electron chi connectivity index (χ1n) is 6.13. The van der Waals surface area contributed by atoms with E-state index in [1.54, 1.807) is 30.3 Å².